The number of aliphatic hydroxyl groups excluding tert-OH is 1. The molecule has 0 aromatic heterocycles. The Morgan fingerprint density at radius 3 is 2.62 bits per heavy atom. The lowest BCUT2D eigenvalue weighted by atomic mass is 9.82. The Balaban J connectivity index is 2.19. The Kier molecular flexibility index (Phi) is 3.87. The molecule has 88 valence electrons. The highest BCUT2D eigenvalue weighted by molar-refractivity contribution is 9.10. The van der Waals surface area contributed by atoms with Crippen molar-refractivity contribution >= 4 is 21.6 Å². The fraction of sp³-hybridized carbons (Fsp3) is 0.538. The monoisotopic (exact) mass is 283 g/mol. The first-order valence-corrected chi connectivity index (χ1v) is 6.71. The number of hydrogen-bond acceptors (Lipinski definition) is 2. The van der Waals surface area contributed by atoms with Gasteiger partial charge in [-0.25, -0.2) is 0 Å². The molecule has 0 radical (unpaired) electrons. The average Bonchev–Trinajstić information content (AvgIpc) is 2.33. The van der Waals surface area contributed by atoms with Crippen LogP contribution in [0.4, 0.5) is 5.69 Å². The molecule has 1 fully saturated rings. The molecule has 2 rings (SSSR count). The molecule has 0 aliphatic heterocycles. The molecule has 0 heterocycles. The Bertz CT molecular complexity index is 361. The topological polar surface area (TPSA) is 46.2 Å². The van der Waals surface area contributed by atoms with E-state index in [1.807, 2.05) is 18.2 Å². The summed E-state index contributed by atoms with van der Waals surface area (Å²) in [6, 6.07) is 5.77. The number of nitrogens with two attached hydrogens (primary N) is 1. The molecule has 2 nitrogen and oxygen atoms in total. The van der Waals surface area contributed by atoms with Crippen molar-refractivity contribution in [2.75, 3.05) is 5.73 Å². The molecule has 1 atom stereocenters. The van der Waals surface area contributed by atoms with Gasteiger partial charge < -0.3 is 10.8 Å². The highest BCUT2D eigenvalue weighted by Crippen LogP contribution is 2.38. The van der Waals surface area contributed by atoms with Gasteiger partial charge >= 0.3 is 0 Å². The quantitative estimate of drug-likeness (QED) is 0.814. The fourth-order valence-electron chi connectivity index (χ4n) is 2.52. The first-order valence-electron chi connectivity index (χ1n) is 5.92. The molecule has 0 bridgehead atoms. The largest absolute Gasteiger partial charge is 0.398 e. The third-order valence-electron chi connectivity index (χ3n) is 3.50. The Morgan fingerprint density at radius 2 is 1.94 bits per heavy atom. The van der Waals surface area contributed by atoms with E-state index in [0.29, 0.717) is 11.6 Å². The molecule has 1 aliphatic rings. The summed E-state index contributed by atoms with van der Waals surface area (Å²) in [5, 5.41) is 10.3. The maximum atomic E-state index is 10.3. The van der Waals surface area contributed by atoms with Crippen LogP contribution in [0.3, 0.4) is 0 Å². The predicted molar refractivity (Wildman–Crippen MR) is 70.1 cm³/mol. The number of nitrogen functional groups attached to an aromatic ring is 1. The number of para-hydroxylation sites is 1. The number of anilines is 1. The summed E-state index contributed by atoms with van der Waals surface area (Å²) in [5.74, 6) is 0.380. The molecule has 1 aromatic carbocycles. The maximum Gasteiger partial charge on any atom is 0.0838 e. The van der Waals surface area contributed by atoms with Crippen LogP contribution >= 0.6 is 15.9 Å². The predicted octanol–water partition coefficient (Wildman–Crippen LogP) is 3.65. The van der Waals surface area contributed by atoms with Crippen molar-refractivity contribution in [3.63, 3.8) is 0 Å². The van der Waals surface area contributed by atoms with Gasteiger partial charge in [0.25, 0.3) is 0 Å². The second-order valence-electron chi connectivity index (χ2n) is 4.59. The number of hydrogen-bond donors (Lipinski definition) is 2. The Hall–Kier alpha value is -0.540. The van der Waals surface area contributed by atoms with E-state index in [0.717, 1.165) is 22.9 Å². The van der Waals surface area contributed by atoms with Crippen molar-refractivity contribution in [2.45, 2.75) is 38.2 Å². The van der Waals surface area contributed by atoms with Gasteiger partial charge in [-0.15, -0.1) is 0 Å². The highest BCUT2D eigenvalue weighted by atomic mass is 79.9. The normalized spacial score (nSPS) is 19.6. The minimum absolute atomic E-state index is 0.380. The molecular weight excluding hydrogens is 266 g/mol. The van der Waals surface area contributed by atoms with E-state index in [9.17, 15) is 5.11 Å². The van der Waals surface area contributed by atoms with Crippen LogP contribution < -0.4 is 5.73 Å². The van der Waals surface area contributed by atoms with Crippen LogP contribution in [-0.2, 0) is 0 Å². The zero-order valence-electron chi connectivity index (χ0n) is 9.32. The molecule has 3 heteroatoms. The van der Waals surface area contributed by atoms with Crippen molar-refractivity contribution in [1.82, 2.24) is 0 Å². The third-order valence-corrected chi connectivity index (χ3v) is 4.19. The van der Waals surface area contributed by atoms with E-state index in [1.165, 1.54) is 19.3 Å². The van der Waals surface area contributed by atoms with Crippen molar-refractivity contribution < 1.29 is 5.11 Å². The first kappa shape index (κ1) is 11.9. The van der Waals surface area contributed by atoms with Crippen molar-refractivity contribution in [3.05, 3.63) is 28.2 Å². The summed E-state index contributed by atoms with van der Waals surface area (Å²) in [6.07, 6.45) is 5.60. The summed E-state index contributed by atoms with van der Waals surface area (Å²) >= 11 is 3.40. The SMILES string of the molecule is Nc1c(Br)cccc1C(O)C1CCCCC1. The van der Waals surface area contributed by atoms with Gasteiger partial charge in [0, 0.05) is 10.0 Å². The molecule has 0 saturated heterocycles. The molecule has 1 unspecified atom stereocenters. The van der Waals surface area contributed by atoms with E-state index in [1.54, 1.807) is 0 Å². The molecule has 1 aromatic rings. The minimum atomic E-state index is -0.405. The minimum Gasteiger partial charge on any atom is -0.398 e. The van der Waals surface area contributed by atoms with Crippen LogP contribution in [0, 0.1) is 5.92 Å². The van der Waals surface area contributed by atoms with E-state index < -0.39 is 6.10 Å². The van der Waals surface area contributed by atoms with Crippen LogP contribution in [0.15, 0.2) is 22.7 Å². The van der Waals surface area contributed by atoms with Crippen LogP contribution in [-0.4, -0.2) is 5.11 Å². The zero-order valence-corrected chi connectivity index (χ0v) is 10.9. The van der Waals surface area contributed by atoms with E-state index in [-0.39, 0.29) is 0 Å². The first-order chi connectivity index (χ1) is 7.70. The summed E-state index contributed by atoms with van der Waals surface area (Å²) in [7, 11) is 0. The number of halogens is 1. The smallest absolute Gasteiger partial charge is 0.0838 e. The second-order valence-corrected chi connectivity index (χ2v) is 5.44. The van der Waals surface area contributed by atoms with Gasteiger partial charge in [-0.1, -0.05) is 31.4 Å². The number of benzene rings is 1. The molecule has 1 saturated carbocycles. The van der Waals surface area contributed by atoms with Crippen molar-refractivity contribution in [1.29, 1.82) is 0 Å². The highest BCUT2D eigenvalue weighted by Gasteiger charge is 2.24. The van der Waals surface area contributed by atoms with E-state index in [4.69, 9.17) is 5.73 Å². The fourth-order valence-corrected chi connectivity index (χ4v) is 2.90. The lowest BCUT2D eigenvalue weighted by molar-refractivity contribution is 0.0854. The van der Waals surface area contributed by atoms with Gasteiger partial charge in [0.2, 0.25) is 0 Å². The molecule has 0 amide bonds. The second kappa shape index (κ2) is 5.19. The molecule has 3 N–H and O–H groups in total. The zero-order chi connectivity index (χ0) is 11.5. The number of rotatable bonds is 2. The van der Waals surface area contributed by atoms with Crippen LogP contribution in [0.2, 0.25) is 0 Å². The van der Waals surface area contributed by atoms with Gasteiger partial charge in [-0.3, -0.25) is 0 Å². The van der Waals surface area contributed by atoms with Crippen LogP contribution in [0.25, 0.3) is 0 Å². The molecule has 0 spiro atoms. The Morgan fingerprint density at radius 1 is 1.25 bits per heavy atom. The van der Waals surface area contributed by atoms with Gasteiger partial charge in [0.05, 0.1) is 11.8 Å². The Labute approximate surface area is 105 Å². The van der Waals surface area contributed by atoms with Gasteiger partial charge in [0.1, 0.15) is 0 Å². The molecule has 1 aliphatic carbocycles. The lowest BCUT2D eigenvalue weighted by Crippen LogP contribution is -2.17. The lowest BCUT2D eigenvalue weighted by Gasteiger charge is -2.27. The summed E-state index contributed by atoms with van der Waals surface area (Å²) in [4.78, 5) is 0. The van der Waals surface area contributed by atoms with Gasteiger partial charge in [-0.05, 0) is 40.8 Å². The van der Waals surface area contributed by atoms with Gasteiger partial charge in [0.15, 0.2) is 0 Å². The van der Waals surface area contributed by atoms with E-state index in [2.05, 4.69) is 15.9 Å². The summed E-state index contributed by atoms with van der Waals surface area (Å²) in [6.45, 7) is 0. The third kappa shape index (κ3) is 2.41. The van der Waals surface area contributed by atoms with Crippen molar-refractivity contribution in [3.8, 4) is 0 Å². The maximum absolute atomic E-state index is 10.3. The van der Waals surface area contributed by atoms with E-state index >= 15 is 0 Å². The standard InChI is InChI=1S/C13H18BrNO/c14-11-8-4-7-10(12(11)15)13(16)9-5-2-1-3-6-9/h4,7-9,13,16H,1-3,5-6,15H2. The average molecular weight is 284 g/mol. The van der Waals surface area contributed by atoms with Crippen LogP contribution in [0.1, 0.15) is 43.8 Å². The molecular formula is C13H18BrNO. The van der Waals surface area contributed by atoms with Gasteiger partial charge in [-0.2, -0.15) is 0 Å². The number of aliphatic hydroxyl groups is 1. The molecule has 16 heavy (non-hydrogen) atoms. The summed E-state index contributed by atoms with van der Waals surface area (Å²) in [5.41, 5.74) is 7.54. The van der Waals surface area contributed by atoms with Crippen LogP contribution in [0.5, 0.6) is 0 Å². The van der Waals surface area contributed by atoms with Crippen molar-refractivity contribution in [2.24, 2.45) is 5.92 Å². The summed E-state index contributed by atoms with van der Waals surface area (Å²) < 4.78 is 0.875.